The van der Waals surface area contributed by atoms with Crippen LogP contribution in [-0.4, -0.2) is 41.4 Å². The number of amides is 1. The minimum absolute atomic E-state index is 0.00428. The van der Waals surface area contributed by atoms with Gasteiger partial charge in [0.25, 0.3) is 0 Å². The van der Waals surface area contributed by atoms with Crippen molar-refractivity contribution in [1.82, 2.24) is 4.90 Å². The fourth-order valence-electron chi connectivity index (χ4n) is 1.98. The second-order valence-corrected chi connectivity index (χ2v) is 5.68. The molecule has 1 amide bonds. The van der Waals surface area contributed by atoms with Crippen molar-refractivity contribution in [2.45, 2.75) is 46.1 Å². The standard InChI is InChI=1S/C17H25NO3/c1-12-5-6-15(11-13(12)2)16(20)7-8-17(21)18(4)10-9-14(3)19/h5-6,11,14,19H,7-10H2,1-4H3. The number of aliphatic hydroxyl groups is 1. The molecule has 0 aromatic heterocycles. The summed E-state index contributed by atoms with van der Waals surface area (Å²) in [7, 11) is 1.70. The van der Waals surface area contributed by atoms with Crippen molar-refractivity contribution < 1.29 is 14.7 Å². The molecule has 1 unspecified atom stereocenters. The molecular weight excluding hydrogens is 266 g/mol. The summed E-state index contributed by atoms with van der Waals surface area (Å²) in [5, 5.41) is 9.21. The molecule has 1 atom stereocenters. The molecule has 0 bridgehead atoms. The molecule has 1 rings (SSSR count). The predicted octanol–water partition coefficient (Wildman–Crippen LogP) is 2.50. The lowest BCUT2D eigenvalue weighted by Gasteiger charge is -2.17. The highest BCUT2D eigenvalue weighted by molar-refractivity contribution is 5.98. The van der Waals surface area contributed by atoms with E-state index in [-0.39, 0.29) is 24.5 Å². The van der Waals surface area contributed by atoms with E-state index in [2.05, 4.69) is 0 Å². The normalized spacial score (nSPS) is 12.0. The van der Waals surface area contributed by atoms with Gasteiger partial charge in [0.05, 0.1) is 6.10 Å². The van der Waals surface area contributed by atoms with Crippen molar-refractivity contribution in [3.05, 3.63) is 34.9 Å². The number of benzene rings is 1. The molecule has 4 heteroatoms. The van der Waals surface area contributed by atoms with Crippen molar-refractivity contribution in [2.24, 2.45) is 0 Å². The fourth-order valence-corrected chi connectivity index (χ4v) is 1.98. The lowest BCUT2D eigenvalue weighted by atomic mass is 10.0. The maximum Gasteiger partial charge on any atom is 0.222 e. The van der Waals surface area contributed by atoms with E-state index in [1.54, 1.807) is 18.9 Å². The van der Waals surface area contributed by atoms with Crippen LogP contribution in [0, 0.1) is 13.8 Å². The molecule has 1 aromatic carbocycles. The van der Waals surface area contributed by atoms with Gasteiger partial charge in [0.15, 0.2) is 5.78 Å². The Morgan fingerprint density at radius 2 is 1.86 bits per heavy atom. The first-order valence-corrected chi connectivity index (χ1v) is 7.33. The van der Waals surface area contributed by atoms with Gasteiger partial charge < -0.3 is 10.0 Å². The van der Waals surface area contributed by atoms with Gasteiger partial charge >= 0.3 is 0 Å². The van der Waals surface area contributed by atoms with E-state index in [1.165, 1.54) is 0 Å². The molecule has 0 heterocycles. The number of Topliss-reactive ketones (excluding diaryl/α,β-unsaturated/α-hetero) is 1. The average Bonchev–Trinajstić information content (AvgIpc) is 2.44. The summed E-state index contributed by atoms with van der Waals surface area (Å²) in [6.07, 6.45) is 0.563. The zero-order valence-electron chi connectivity index (χ0n) is 13.3. The van der Waals surface area contributed by atoms with Crippen LogP contribution in [0.5, 0.6) is 0 Å². The molecule has 116 valence electrons. The SMILES string of the molecule is Cc1ccc(C(=O)CCC(=O)N(C)CCC(C)O)cc1C. The van der Waals surface area contributed by atoms with E-state index < -0.39 is 6.10 Å². The second kappa shape index (κ2) is 7.93. The van der Waals surface area contributed by atoms with Crippen molar-refractivity contribution in [3.63, 3.8) is 0 Å². The van der Waals surface area contributed by atoms with E-state index >= 15 is 0 Å². The van der Waals surface area contributed by atoms with Crippen LogP contribution in [0.4, 0.5) is 0 Å². The van der Waals surface area contributed by atoms with E-state index in [0.717, 1.165) is 11.1 Å². The molecule has 0 fully saturated rings. The number of hydrogen-bond acceptors (Lipinski definition) is 3. The summed E-state index contributed by atoms with van der Waals surface area (Å²) in [6, 6.07) is 5.62. The minimum atomic E-state index is -0.419. The Bertz CT molecular complexity index is 509. The van der Waals surface area contributed by atoms with Gasteiger partial charge in [0.2, 0.25) is 5.91 Å². The fraction of sp³-hybridized carbons (Fsp3) is 0.529. The molecule has 0 spiro atoms. The number of aliphatic hydroxyl groups excluding tert-OH is 1. The molecular formula is C17H25NO3. The molecule has 1 N–H and O–H groups in total. The largest absolute Gasteiger partial charge is 0.393 e. The van der Waals surface area contributed by atoms with Gasteiger partial charge in [0.1, 0.15) is 0 Å². The zero-order chi connectivity index (χ0) is 16.0. The monoisotopic (exact) mass is 291 g/mol. The summed E-state index contributed by atoms with van der Waals surface area (Å²) in [6.45, 7) is 6.18. The Labute approximate surface area is 126 Å². The molecule has 0 aliphatic carbocycles. The first-order valence-electron chi connectivity index (χ1n) is 7.33. The Hall–Kier alpha value is -1.68. The molecule has 0 aliphatic heterocycles. The molecule has 0 saturated heterocycles. The maximum atomic E-state index is 12.1. The Balaban J connectivity index is 2.48. The third-order valence-corrected chi connectivity index (χ3v) is 3.70. The highest BCUT2D eigenvalue weighted by Gasteiger charge is 2.13. The van der Waals surface area contributed by atoms with Crippen LogP contribution in [0.2, 0.25) is 0 Å². The van der Waals surface area contributed by atoms with Gasteiger partial charge in [-0.25, -0.2) is 0 Å². The van der Waals surface area contributed by atoms with Crippen molar-refractivity contribution in [3.8, 4) is 0 Å². The number of rotatable bonds is 7. The molecule has 21 heavy (non-hydrogen) atoms. The molecule has 0 saturated carbocycles. The lowest BCUT2D eigenvalue weighted by Crippen LogP contribution is -2.29. The Morgan fingerprint density at radius 1 is 1.19 bits per heavy atom. The minimum Gasteiger partial charge on any atom is -0.393 e. The number of aryl methyl sites for hydroxylation is 2. The second-order valence-electron chi connectivity index (χ2n) is 5.68. The van der Waals surface area contributed by atoms with Gasteiger partial charge in [-0.2, -0.15) is 0 Å². The molecule has 0 aliphatic rings. The summed E-state index contributed by atoms with van der Waals surface area (Å²) < 4.78 is 0. The van der Waals surface area contributed by atoms with Crippen LogP contribution < -0.4 is 0 Å². The third-order valence-electron chi connectivity index (χ3n) is 3.70. The summed E-state index contributed by atoms with van der Waals surface area (Å²) in [5.74, 6) is -0.0665. The number of nitrogens with zero attached hydrogens (tertiary/aromatic N) is 1. The van der Waals surface area contributed by atoms with E-state index in [4.69, 9.17) is 0 Å². The maximum absolute atomic E-state index is 12.1. The molecule has 4 nitrogen and oxygen atoms in total. The van der Waals surface area contributed by atoms with Crippen molar-refractivity contribution in [2.75, 3.05) is 13.6 Å². The van der Waals surface area contributed by atoms with Crippen LogP contribution in [-0.2, 0) is 4.79 Å². The summed E-state index contributed by atoms with van der Waals surface area (Å²) in [5.41, 5.74) is 2.90. The number of hydrogen-bond donors (Lipinski definition) is 1. The Kier molecular flexibility index (Phi) is 6.56. The van der Waals surface area contributed by atoms with Gasteiger partial charge in [-0.05, 0) is 44.4 Å². The molecule has 1 aromatic rings. The van der Waals surface area contributed by atoms with Crippen molar-refractivity contribution in [1.29, 1.82) is 0 Å². The Morgan fingerprint density at radius 3 is 2.43 bits per heavy atom. The summed E-state index contributed by atoms with van der Waals surface area (Å²) in [4.78, 5) is 25.6. The van der Waals surface area contributed by atoms with Crippen LogP contribution in [0.25, 0.3) is 0 Å². The van der Waals surface area contributed by atoms with Gasteiger partial charge in [-0.3, -0.25) is 9.59 Å². The van der Waals surface area contributed by atoms with Crippen molar-refractivity contribution >= 4 is 11.7 Å². The van der Waals surface area contributed by atoms with E-state index in [1.807, 2.05) is 32.0 Å². The van der Waals surface area contributed by atoms with Gasteiger partial charge in [-0.15, -0.1) is 0 Å². The average molecular weight is 291 g/mol. The smallest absolute Gasteiger partial charge is 0.222 e. The first-order chi connectivity index (χ1) is 9.81. The third kappa shape index (κ3) is 5.68. The number of carbonyl (C=O) groups is 2. The van der Waals surface area contributed by atoms with Gasteiger partial charge in [0, 0.05) is 32.0 Å². The topological polar surface area (TPSA) is 57.6 Å². The highest BCUT2D eigenvalue weighted by atomic mass is 16.3. The summed E-state index contributed by atoms with van der Waals surface area (Å²) >= 11 is 0. The number of carbonyl (C=O) groups excluding carboxylic acids is 2. The van der Waals surface area contributed by atoms with E-state index in [9.17, 15) is 14.7 Å². The molecule has 0 radical (unpaired) electrons. The van der Waals surface area contributed by atoms with Crippen LogP contribution >= 0.6 is 0 Å². The first kappa shape index (κ1) is 17.4. The number of ketones is 1. The van der Waals surface area contributed by atoms with Crippen LogP contribution in [0.3, 0.4) is 0 Å². The zero-order valence-corrected chi connectivity index (χ0v) is 13.3. The van der Waals surface area contributed by atoms with E-state index in [0.29, 0.717) is 18.5 Å². The van der Waals surface area contributed by atoms with Crippen LogP contribution in [0.15, 0.2) is 18.2 Å². The lowest BCUT2D eigenvalue weighted by molar-refractivity contribution is -0.130. The quantitative estimate of drug-likeness (QED) is 0.785. The van der Waals surface area contributed by atoms with Crippen LogP contribution in [0.1, 0.15) is 47.7 Å². The highest BCUT2D eigenvalue weighted by Crippen LogP contribution is 2.13. The van der Waals surface area contributed by atoms with Gasteiger partial charge in [-0.1, -0.05) is 12.1 Å². The predicted molar refractivity (Wildman–Crippen MR) is 83.4 cm³/mol.